The van der Waals surface area contributed by atoms with Gasteiger partial charge in [-0.3, -0.25) is 10.1 Å². The maximum absolute atomic E-state index is 12.3. The van der Waals surface area contributed by atoms with Gasteiger partial charge in [0, 0.05) is 11.5 Å². The number of hydrogen-bond acceptors (Lipinski definition) is 4. The van der Waals surface area contributed by atoms with Crippen LogP contribution >= 0.6 is 11.3 Å². The molecule has 23 heavy (non-hydrogen) atoms. The van der Waals surface area contributed by atoms with E-state index < -0.39 is 0 Å². The highest BCUT2D eigenvalue weighted by molar-refractivity contribution is 7.15. The van der Waals surface area contributed by atoms with Gasteiger partial charge in [-0.1, -0.05) is 56.6 Å². The lowest BCUT2D eigenvalue weighted by atomic mass is 9.90. The second-order valence-corrected chi connectivity index (χ2v) is 7.52. The number of nitrogens with zero attached hydrogens (tertiary/aromatic N) is 2. The maximum atomic E-state index is 12.3. The first-order valence-corrected chi connectivity index (χ1v) is 9.20. The molecule has 0 unspecified atom stereocenters. The molecule has 0 atom stereocenters. The largest absolute Gasteiger partial charge is 0.296 e. The van der Waals surface area contributed by atoms with E-state index >= 15 is 0 Å². The minimum atomic E-state index is -0.119. The highest BCUT2D eigenvalue weighted by atomic mass is 32.1. The predicted octanol–water partition coefficient (Wildman–Crippen LogP) is 4.96. The van der Waals surface area contributed by atoms with Gasteiger partial charge in [0.25, 0.3) is 5.91 Å². The average molecular weight is 329 g/mol. The van der Waals surface area contributed by atoms with E-state index in [1.165, 1.54) is 49.0 Å². The van der Waals surface area contributed by atoms with Crippen molar-refractivity contribution in [1.29, 1.82) is 0 Å². The Morgan fingerprint density at radius 3 is 2.48 bits per heavy atom. The Labute approximate surface area is 141 Å². The van der Waals surface area contributed by atoms with Crippen LogP contribution in [0.5, 0.6) is 0 Å². The third-order valence-electron chi connectivity index (χ3n) is 4.46. The fraction of sp³-hybridized carbons (Fsp3) is 0.500. The van der Waals surface area contributed by atoms with Gasteiger partial charge in [0.05, 0.1) is 0 Å². The van der Waals surface area contributed by atoms with E-state index in [2.05, 4.69) is 29.4 Å². The van der Waals surface area contributed by atoms with Crippen LogP contribution in [-0.2, 0) is 0 Å². The highest BCUT2D eigenvalue weighted by Crippen LogP contribution is 2.35. The van der Waals surface area contributed by atoms with Crippen molar-refractivity contribution in [3.05, 3.63) is 40.4 Å². The molecule has 1 aliphatic carbocycles. The second kappa shape index (κ2) is 7.21. The van der Waals surface area contributed by atoms with Crippen LogP contribution in [0.15, 0.2) is 24.3 Å². The minimum Gasteiger partial charge on any atom is -0.296 e. The molecule has 1 aliphatic rings. The van der Waals surface area contributed by atoms with Crippen molar-refractivity contribution in [3.63, 3.8) is 0 Å². The topological polar surface area (TPSA) is 54.9 Å². The van der Waals surface area contributed by atoms with Crippen LogP contribution in [0.1, 0.15) is 78.7 Å². The molecular formula is C18H23N3OS. The van der Waals surface area contributed by atoms with E-state index in [-0.39, 0.29) is 5.91 Å². The number of aromatic nitrogens is 2. The standard InChI is InChI=1S/C18H23N3OS/c1-12(2)13-8-10-14(11-9-13)16(22)19-18-21-20-17(23-18)15-6-4-3-5-7-15/h8-12,15H,3-7H2,1-2H3,(H,19,21,22). The first-order chi connectivity index (χ1) is 11.1. The van der Waals surface area contributed by atoms with Crippen LogP contribution in [0.25, 0.3) is 0 Å². The van der Waals surface area contributed by atoms with Crippen LogP contribution in [0.3, 0.4) is 0 Å². The van der Waals surface area contributed by atoms with Crippen molar-refractivity contribution >= 4 is 22.4 Å². The fourth-order valence-electron chi connectivity index (χ4n) is 2.99. The number of hydrogen-bond donors (Lipinski definition) is 1. The molecule has 1 amide bonds. The van der Waals surface area contributed by atoms with E-state index in [9.17, 15) is 4.79 Å². The quantitative estimate of drug-likeness (QED) is 0.862. The Balaban J connectivity index is 1.64. The molecule has 0 spiro atoms. The summed E-state index contributed by atoms with van der Waals surface area (Å²) < 4.78 is 0. The highest BCUT2D eigenvalue weighted by Gasteiger charge is 2.20. The molecule has 1 fully saturated rings. The van der Waals surface area contributed by atoms with Gasteiger partial charge in [0.2, 0.25) is 5.13 Å². The van der Waals surface area contributed by atoms with E-state index in [4.69, 9.17) is 0 Å². The molecule has 0 saturated heterocycles. The van der Waals surface area contributed by atoms with Gasteiger partial charge >= 0.3 is 0 Å². The normalized spacial score (nSPS) is 15.8. The first-order valence-electron chi connectivity index (χ1n) is 8.38. The number of nitrogens with one attached hydrogen (secondary N) is 1. The second-order valence-electron chi connectivity index (χ2n) is 6.51. The third-order valence-corrected chi connectivity index (χ3v) is 5.46. The average Bonchev–Trinajstić information content (AvgIpc) is 3.04. The SMILES string of the molecule is CC(C)c1ccc(C(=O)Nc2nnc(C3CCCCC3)s2)cc1. The predicted molar refractivity (Wildman–Crippen MR) is 94.2 cm³/mol. The molecule has 1 heterocycles. The number of amides is 1. The molecule has 5 heteroatoms. The molecule has 1 aromatic heterocycles. The number of rotatable bonds is 4. The lowest BCUT2D eigenvalue weighted by Crippen LogP contribution is -2.11. The van der Waals surface area contributed by atoms with Gasteiger partial charge in [0.15, 0.2) is 0 Å². The summed E-state index contributed by atoms with van der Waals surface area (Å²) in [6, 6.07) is 7.75. The van der Waals surface area contributed by atoms with Gasteiger partial charge < -0.3 is 0 Å². The molecule has 1 saturated carbocycles. The molecular weight excluding hydrogens is 306 g/mol. The molecule has 3 rings (SSSR count). The summed E-state index contributed by atoms with van der Waals surface area (Å²) in [5, 5.41) is 13.0. The molecule has 0 aliphatic heterocycles. The van der Waals surface area contributed by atoms with Crippen LogP contribution < -0.4 is 5.32 Å². The lowest BCUT2D eigenvalue weighted by molar-refractivity contribution is 0.102. The van der Waals surface area contributed by atoms with Gasteiger partial charge in [-0.25, -0.2) is 0 Å². The number of carbonyl (C=O) groups is 1. The van der Waals surface area contributed by atoms with Crippen LogP contribution in [-0.4, -0.2) is 16.1 Å². The van der Waals surface area contributed by atoms with Crippen molar-refractivity contribution in [2.45, 2.75) is 57.8 Å². The van der Waals surface area contributed by atoms with Crippen molar-refractivity contribution < 1.29 is 4.79 Å². The van der Waals surface area contributed by atoms with Crippen molar-refractivity contribution in [1.82, 2.24) is 10.2 Å². The summed E-state index contributed by atoms with van der Waals surface area (Å²) in [5.41, 5.74) is 1.89. The Morgan fingerprint density at radius 2 is 1.83 bits per heavy atom. The third kappa shape index (κ3) is 3.96. The van der Waals surface area contributed by atoms with Crippen LogP contribution in [0, 0.1) is 0 Å². The molecule has 1 aromatic carbocycles. The molecule has 122 valence electrons. The Morgan fingerprint density at radius 1 is 1.13 bits per heavy atom. The molecule has 1 N–H and O–H groups in total. The molecule has 4 nitrogen and oxygen atoms in total. The smallest absolute Gasteiger partial charge is 0.257 e. The molecule has 2 aromatic rings. The number of benzene rings is 1. The van der Waals surface area contributed by atoms with Gasteiger partial charge in [-0.05, 0) is 36.5 Å². The maximum Gasteiger partial charge on any atom is 0.257 e. The van der Waals surface area contributed by atoms with Gasteiger partial charge in [0.1, 0.15) is 5.01 Å². The zero-order valence-electron chi connectivity index (χ0n) is 13.7. The van der Waals surface area contributed by atoms with E-state index in [0.29, 0.717) is 22.5 Å². The van der Waals surface area contributed by atoms with Crippen LogP contribution in [0.2, 0.25) is 0 Å². The van der Waals surface area contributed by atoms with Crippen LogP contribution in [0.4, 0.5) is 5.13 Å². The monoisotopic (exact) mass is 329 g/mol. The Kier molecular flexibility index (Phi) is 5.06. The summed E-state index contributed by atoms with van der Waals surface area (Å²) in [6.45, 7) is 4.28. The van der Waals surface area contributed by atoms with Crippen molar-refractivity contribution in [2.75, 3.05) is 5.32 Å². The molecule has 0 bridgehead atoms. The summed E-state index contributed by atoms with van der Waals surface area (Å²) in [7, 11) is 0. The number of carbonyl (C=O) groups excluding carboxylic acids is 1. The first kappa shape index (κ1) is 16.1. The minimum absolute atomic E-state index is 0.119. The van der Waals surface area contributed by atoms with E-state index in [1.807, 2.05) is 24.3 Å². The Bertz CT molecular complexity index is 657. The van der Waals surface area contributed by atoms with Crippen molar-refractivity contribution in [2.24, 2.45) is 0 Å². The fourth-order valence-corrected chi connectivity index (χ4v) is 3.90. The zero-order chi connectivity index (χ0) is 16.2. The summed E-state index contributed by atoms with van der Waals surface area (Å²) >= 11 is 1.52. The van der Waals surface area contributed by atoms with E-state index in [1.54, 1.807) is 0 Å². The summed E-state index contributed by atoms with van der Waals surface area (Å²) in [6.07, 6.45) is 6.26. The summed E-state index contributed by atoms with van der Waals surface area (Å²) in [5.74, 6) is 0.872. The van der Waals surface area contributed by atoms with E-state index in [0.717, 1.165) is 5.01 Å². The van der Waals surface area contributed by atoms with Gasteiger partial charge in [-0.2, -0.15) is 0 Å². The lowest BCUT2D eigenvalue weighted by Gasteiger charge is -2.18. The van der Waals surface area contributed by atoms with Crippen molar-refractivity contribution in [3.8, 4) is 0 Å². The Hall–Kier alpha value is -1.75. The summed E-state index contributed by atoms with van der Waals surface area (Å²) in [4.78, 5) is 12.3. The number of anilines is 1. The zero-order valence-corrected chi connectivity index (χ0v) is 14.5. The molecule has 0 radical (unpaired) electrons. The van der Waals surface area contributed by atoms with Gasteiger partial charge in [-0.15, -0.1) is 10.2 Å².